The van der Waals surface area contributed by atoms with E-state index in [1.807, 2.05) is 115 Å². The van der Waals surface area contributed by atoms with Gasteiger partial charge in [-0.05, 0) is 230 Å². The Balaban J connectivity index is 0.000000135. The summed E-state index contributed by atoms with van der Waals surface area (Å²) in [4.78, 5) is 81.4. The van der Waals surface area contributed by atoms with Crippen LogP contribution in [-0.2, 0) is 25.7 Å². The van der Waals surface area contributed by atoms with E-state index in [0.29, 0.717) is 65.4 Å². The quantitative estimate of drug-likeness (QED) is 0.0515. The van der Waals surface area contributed by atoms with Crippen LogP contribution in [0.3, 0.4) is 0 Å². The lowest BCUT2D eigenvalue weighted by Crippen LogP contribution is -2.13. The van der Waals surface area contributed by atoms with E-state index in [9.17, 15) is 36.7 Å². The zero-order valence-electron chi connectivity index (χ0n) is 62.9. The molecule has 0 saturated heterocycles. The number of nitrogens with two attached hydrogens (primary N) is 4. The van der Waals surface area contributed by atoms with Crippen LogP contribution in [0.25, 0.3) is 88.1 Å². The molecule has 7 aromatic heterocycles. The predicted molar refractivity (Wildman–Crippen MR) is 437 cm³/mol. The van der Waals surface area contributed by atoms with Crippen LogP contribution >= 0.6 is 0 Å². The first-order valence-electron chi connectivity index (χ1n) is 36.1. The largest absolute Gasteiger partial charge is 0.497 e. The summed E-state index contributed by atoms with van der Waals surface area (Å²) in [5.74, 6) is -1.68. The third-order valence-corrected chi connectivity index (χ3v) is 18.8. The van der Waals surface area contributed by atoms with Crippen molar-refractivity contribution in [2.45, 2.75) is 25.7 Å². The minimum Gasteiger partial charge on any atom is -0.497 e. The Hall–Kier alpha value is -15.2. The van der Waals surface area contributed by atoms with Crippen LogP contribution in [0.4, 0.5) is 17.6 Å². The molecule has 576 valence electrons. The molecule has 4 amide bonds. The maximum Gasteiger partial charge on any atom is 0.316 e. The normalized spacial score (nSPS) is 10.8. The molecular weight excluding hydrogens is 1480 g/mol. The summed E-state index contributed by atoms with van der Waals surface area (Å²) < 4.78 is 73.9. The van der Waals surface area contributed by atoms with Crippen molar-refractivity contribution in [1.82, 2.24) is 39.9 Å². The molecule has 0 spiro atoms. The van der Waals surface area contributed by atoms with Gasteiger partial charge in [0, 0.05) is 58.8 Å². The molecule has 0 aliphatic rings. The molecule has 0 fully saturated rings. The highest BCUT2D eigenvalue weighted by molar-refractivity contribution is 6.04. The molecule has 0 unspecified atom stereocenters. The number of pyridine rings is 6. The van der Waals surface area contributed by atoms with Crippen LogP contribution in [0.5, 0.6) is 23.4 Å². The summed E-state index contributed by atoms with van der Waals surface area (Å²) >= 11 is 0. The molecule has 24 heteroatoms. The fourth-order valence-corrected chi connectivity index (χ4v) is 13.1. The van der Waals surface area contributed by atoms with Crippen LogP contribution in [0.2, 0.25) is 0 Å². The molecule has 0 bridgehead atoms. The summed E-state index contributed by atoms with van der Waals surface area (Å²) in [6.07, 6.45) is 11.1. The Morgan fingerprint density at radius 2 is 0.612 bits per heavy atom. The first-order valence-corrected chi connectivity index (χ1v) is 36.1. The van der Waals surface area contributed by atoms with Crippen molar-refractivity contribution in [3.63, 3.8) is 0 Å². The van der Waals surface area contributed by atoms with Crippen LogP contribution in [0.1, 0.15) is 86.5 Å². The van der Waals surface area contributed by atoms with Gasteiger partial charge in [0.05, 0.1) is 56.7 Å². The van der Waals surface area contributed by atoms with E-state index in [1.165, 1.54) is 55.6 Å². The van der Waals surface area contributed by atoms with E-state index in [2.05, 4.69) is 39.9 Å². The number of amides is 4. The first kappa shape index (κ1) is 78.9. The number of methoxy groups -OCH3 is 4. The number of nitrogens with zero attached hydrogens (tertiary/aromatic N) is 8. The summed E-state index contributed by atoms with van der Waals surface area (Å²) in [7, 11) is 6.33. The average molecular weight is 1550 g/mol. The molecule has 116 heavy (non-hydrogen) atoms. The number of halogens is 4. The Bertz CT molecular complexity index is 5950. The van der Waals surface area contributed by atoms with Crippen molar-refractivity contribution >= 4 is 67.2 Å². The van der Waals surface area contributed by atoms with Crippen molar-refractivity contribution in [2.24, 2.45) is 22.9 Å². The number of aromatic nitrogens is 8. The van der Waals surface area contributed by atoms with Gasteiger partial charge in [0.2, 0.25) is 5.88 Å². The lowest BCUT2D eigenvalue weighted by atomic mass is 9.97. The Morgan fingerprint density at radius 3 is 0.940 bits per heavy atom. The summed E-state index contributed by atoms with van der Waals surface area (Å²) in [5, 5.41) is 3.43. The minimum absolute atomic E-state index is 0.154. The molecular formula is C92H72F4N12O8. The van der Waals surface area contributed by atoms with Gasteiger partial charge in [0.1, 0.15) is 57.5 Å². The number of hydrogen-bond donors (Lipinski definition) is 4. The zero-order chi connectivity index (χ0) is 81.5. The predicted octanol–water partition coefficient (Wildman–Crippen LogP) is 16.5. The van der Waals surface area contributed by atoms with Crippen molar-refractivity contribution in [1.29, 1.82) is 0 Å². The molecule has 0 saturated carbocycles. The molecule has 16 aromatic rings. The molecule has 0 aliphatic carbocycles. The van der Waals surface area contributed by atoms with Gasteiger partial charge in [0.25, 0.3) is 23.6 Å². The van der Waals surface area contributed by atoms with Gasteiger partial charge >= 0.3 is 6.01 Å². The molecule has 0 aliphatic heterocycles. The number of hydrogen-bond acceptors (Lipinski definition) is 16. The molecule has 7 heterocycles. The van der Waals surface area contributed by atoms with E-state index in [1.54, 1.807) is 125 Å². The number of benzene rings is 9. The van der Waals surface area contributed by atoms with Gasteiger partial charge in [-0.15, -0.1) is 0 Å². The second kappa shape index (κ2) is 35.9. The minimum atomic E-state index is -0.621. The summed E-state index contributed by atoms with van der Waals surface area (Å²) in [6.45, 7) is 0. The van der Waals surface area contributed by atoms with Gasteiger partial charge in [0.15, 0.2) is 0 Å². The number of rotatable bonds is 20. The molecule has 0 radical (unpaired) electrons. The molecule has 9 aromatic carbocycles. The van der Waals surface area contributed by atoms with Gasteiger partial charge in [-0.3, -0.25) is 24.2 Å². The lowest BCUT2D eigenvalue weighted by Gasteiger charge is -2.11. The Morgan fingerprint density at radius 1 is 0.293 bits per heavy atom. The van der Waals surface area contributed by atoms with Crippen molar-refractivity contribution in [2.75, 3.05) is 28.4 Å². The van der Waals surface area contributed by atoms with E-state index in [4.69, 9.17) is 41.9 Å². The first-order chi connectivity index (χ1) is 56.1. The standard InChI is InChI=1S/C24H19FN2O2.2C23H18FN3O2.C22H17FN4O2/c1-29-19-9-2-15(3-10-19)12-16-4-11-20-21(17-5-7-18(25)8-6-17)14-23(24(26)28)27-22(20)13-16;1-29-18-9-15(12-26-13-18)8-14-2-7-19-20(16-3-5-17(24)6-4-16)11-22(23(25)28)27-21(19)10-14;1-29-22-12-15(8-9-26-22)10-14-2-7-18-19(16-3-5-17(24)6-4-16)13-21(23(25)28)27-20(18)11-14;1-29-22-25-11-14(12-26-22)8-13-2-7-17-18(15-3-5-16(23)6-4-15)10-20(21(24)28)27-19(17)9-13/h2-11,13-14H,12H2,1H3,(H2,26,28);2-7,9-13H,8H2,1H3,(H2,25,28);2-9,11-13H,10H2,1H3,(H2,25,28);2-7,9-12H,8H2,1H3,(H2,24,28). The highest BCUT2D eigenvalue weighted by atomic mass is 19.1. The monoisotopic (exact) mass is 1550 g/mol. The van der Waals surface area contributed by atoms with E-state index in [-0.39, 0.29) is 46.0 Å². The Kier molecular flexibility index (Phi) is 24.4. The van der Waals surface area contributed by atoms with Crippen molar-refractivity contribution < 1.29 is 55.7 Å². The van der Waals surface area contributed by atoms with Crippen LogP contribution in [0, 0.1) is 23.3 Å². The topological polar surface area (TPSA) is 312 Å². The lowest BCUT2D eigenvalue weighted by molar-refractivity contribution is 0.0987. The number of carbonyl (C=O) groups excluding carboxylic acids is 4. The number of ether oxygens (including phenoxy) is 4. The van der Waals surface area contributed by atoms with E-state index < -0.39 is 23.6 Å². The fourth-order valence-electron chi connectivity index (χ4n) is 13.1. The third kappa shape index (κ3) is 19.4. The van der Waals surface area contributed by atoms with Crippen LogP contribution < -0.4 is 41.9 Å². The number of carbonyl (C=O) groups is 4. The smallest absolute Gasteiger partial charge is 0.316 e. The van der Waals surface area contributed by atoms with E-state index in [0.717, 1.165) is 116 Å². The van der Waals surface area contributed by atoms with E-state index >= 15 is 0 Å². The maximum atomic E-state index is 13.3. The molecule has 8 N–H and O–H groups in total. The zero-order valence-corrected chi connectivity index (χ0v) is 62.9. The third-order valence-electron chi connectivity index (χ3n) is 18.8. The van der Waals surface area contributed by atoms with Gasteiger partial charge in [-0.2, -0.15) is 0 Å². The summed E-state index contributed by atoms with van der Waals surface area (Å²) in [6, 6.07) is 68.5. The van der Waals surface area contributed by atoms with Gasteiger partial charge < -0.3 is 41.9 Å². The second-order valence-electron chi connectivity index (χ2n) is 26.7. The van der Waals surface area contributed by atoms with Crippen LogP contribution in [-0.4, -0.2) is 91.9 Å². The number of fused-ring (bicyclic) bond motifs is 4. The van der Waals surface area contributed by atoms with Crippen LogP contribution in [0.15, 0.2) is 268 Å². The molecule has 16 rings (SSSR count). The van der Waals surface area contributed by atoms with Crippen molar-refractivity contribution in [3.05, 3.63) is 358 Å². The molecule has 20 nitrogen and oxygen atoms in total. The van der Waals surface area contributed by atoms with Gasteiger partial charge in [-0.25, -0.2) is 52.4 Å². The summed E-state index contributed by atoms with van der Waals surface area (Å²) in [5.41, 5.74) is 39.6. The highest BCUT2D eigenvalue weighted by Crippen LogP contribution is 2.36. The van der Waals surface area contributed by atoms with Gasteiger partial charge in [-0.1, -0.05) is 109 Å². The average Bonchev–Trinajstić information content (AvgIpc) is 0.795. The van der Waals surface area contributed by atoms with Crippen molar-refractivity contribution in [3.8, 4) is 67.9 Å². The molecule has 0 atom stereocenters. The Labute approximate surface area is 662 Å². The SMILES string of the molecule is COc1cc(Cc2ccc3c(-c4ccc(F)cc4)cc(C(N)=O)nc3c2)ccn1.COc1ccc(Cc2ccc3c(-c4ccc(F)cc4)cc(C(N)=O)nc3c2)cc1.COc1cncc(Cc2ccc3c(-c4ccc(F)cc4)cc(C(N)=O)nc3c2)c1.COc1ncc(Cc2ccc3c(-c4ccc(F)cc4)cc(C(N)=O)nc3c2)cn1. The fraction of sp³-hybridized carbons (Fsp3) is 0.0870. The second-order valence-corrected chi connectivity index (χ2v) is 26.7. The number of primary amides is 4. The highest BCUT2D eigenvalue weighted by Gasteiger charge is 2.19. The maximum absolute atomic E-state index is 13.3.